The minimum atomic E-state index is -1.16. The lowest BCUT2D eigenvalue weighted by molar-refractivity contribution is -0.132. The van der Waals surface area contributed by atoms with Crippen LogP contribution in [0.25, 0.3) is 5.76 Å². The highest BCUT2D eigenvalue weighted by molar-refractivity contribution is 7.17. The average molecular weight is 565 g/mol. The maximum absolute atomic E-state index is 13.6. The van der Waals surface area contributed by atoms with Crippen molar-refractivity contribution >= 4 is 39.9 Å². The molecule has 1 amide bonds. The Bertz CT molecular complexity index is 1540. The van der Waals surface area contributed by atoms with Crippen LogP contribution in [-0.2, 0) is 14.3 Å². The summed E-state index contributed by atoms with van der Waals surface area (Å²) in [6.07, 6.45) is 1.43. The van der Waals surface area contributed by atoms with Crippen molar-refractivity contribution in [1.82, 2.24) is 4.98 Å². The molecule has 0 spiro atoms. The average Bonchev–Trinajstić information content (AvgIpc) is 3.46. The van der Waals surface area contributed by atoms with Gasteiger partial charge in [0, 0.05) is 11.1 Å². The Morgan fingerprint density at radius 1 is 1.10 bits per heavy atom. The van der Waals surface area contributed by atoms with E-state index in [1.165, 1.54) is 27.4 Å². The van der Waals surface area contributed by atoms with Crippen molar-refractivity contribution in [2.75, 3.05) is 32.8 Å². The Kier molecular flexibility index (Phi) is 8.24. The first-order valence-corrected chi connectivity index (χ1v) is 12.9. The number of esters is 1. The lowest BCUT2D eigenvalue weighted by atomic mass is 9.94. The number of ether oxygens (including phenoxy) is 4. The van der Waals surface area contributed by atoms with Gasteiger partial charge in [0.15, 0.2) is 16.6 Å². The third-order valence-electron chi connectivity index (χ3n) is 6.35. The number of rotatable bonds is 9. The van der Waals surface area contributed by atoms with E-state index in [9.17, 15) is 19.5 Å². The van der Waals surface area contributed by atoms with Crippen molar-refractivity contribution in [2.24, 2.45) is 0 Å². The highest BCUT2D eigenvalue weighted by atomic mass is 32.1. The molecule has 10 nitrogen and oxygen atoms in total. The van der Waals surface area contributed by atoms with Crippen molar-refractivity contribution in [3.8, 4) is 17.2 Å². The topological polar surface area (TPSA) is 124 Å². The summed E-state index contributed by atoms with van der Waals surface area (Å²) in [5.74, 6) is -1.67. The van der Waals surface area contributed by atoms with E-state index in [1.807, 2.05) is 0 Å². The van der Waals surface area contributed by atoms with Gasteiger partial charge in [0.2, 0.25) is 0 Å². The van der Waals surface area contributed by atoms with Crippen LogP contribution in [0.5, 0.6) is 17.2 Å². The first-order chi connectivity index (χ1) is 19.2. The largest absolute Gasteiger partial charge is 0.507 e. The summed E-state index contributed by atoms with van der Waals surface area (Å²) in [7, 11) is 4.42. The molecule has 3 aromatic rings. The number of ketones is 1. The first-order valence-electron chi connectivity index (χ1n) is 12.1. The molecular formula is C29H28N2O8S. The highest BCUT2D eigenvalue weighted by Crippen LogP contribution is 2.48. The van der Waals surface area contributed by atoms with Gasteiger partial charge < -0.3 is 24.1 Å². The van der Waals surface area contributed by atoms with Crippen LogP contribution in [0.1, 0.15) is 38.1 Å². The summed E-state index contributed by atoms with van der Waals surface area (Å²) in [6.45, 7) is 6.93. The normalized spacial score (nSPS) is 16.1. The standard InChI is InChI=1S/C29H28N2O8S/c1-7-13-39-28(35)26-16(3)30-29(40-26)31-22(18-9-8-10-20(37-5)25(18)38-6)21(24(33)27(31)34)23(32)17-11-12-19(36-4)15(2)14-17/h7-12,14,22,32H,1,13H2,2-6H3/b23-21+. The number of hydrogen-bond acceptors (Lipinski definition) is 10. The third kappa shape index (κ3) is 4.91. The van der Waals surface area contributed by atoms with Gasteiger partial charge in [-0.2, -0.15) is 0 Å². The molecule has 4 rings (SSSR count). The summed E-state index contributed by atoms with van der Waals surface area (Å²) >= 11 is 0.900. The zero-order chi connectivity index (χ0) is 29.1. The molecule has 1 aromatic heterocycles. The van der Waals surface area contributed by atoms with Crippen LogP contribution in [0.3, 0.4) is 0 Å². The fourth-order valence-corrected chi connectivity index (χ4v) is 5.49. The van der Waals surface area contributed by atoms with Crippen molar-refractivity contribution in [3.63, 3.8) is 0 Å². The lowest BCUT2D eigenvalue weighted by Gasteiger charge is -2.25. The van der Waals surface area contributed by atoms with E-state index < -0.39 is 23.7 Å². The minimum Gasteiger partial charge on any atom is -0.507 e. The Morgan fingerprint density at radius 2 is 1.82 bits per heavy atom. The maximum Gasteiger partial charge on any atom is 0.350 e. The van der Waals surface area contributed by atoms with Crippen molar-refractivity contribution in [1.29, 1.82) is 0 Å². The molecule has 1 aliphatic heterocycles. The highest BCUT2D eigenvalue weighted by Gasteiger charge is 2.49. The second-order valence-corrected chi connectivity index (χ2v) is 9.71. The maximum atomic E-state index is 13.6. The first kappa shape index (κ1) is 28.4. The van der Waals surface area contributed by atoms with Gasteiger partial charge in [-0.1, -0.05) is 36.1 Å². The fraction of sp³-hybridized carbons (Fsp3) is 0.241. The number of methoxy groups -OCH3 is 3. The molecule has 2 aromatic carbocycles. The van der Waals surface area contributed by atoms with Crippen LogP contribution in [0.2, 0.25) is 0 Å². The molecule has 11 heteroatoms. The molecule has 1 fully saturated rings. The van der Waals surface area contributed by atoms with E-state index in [0.29, 0.717) is 28.3 Å². The zero-order valence-electron chi connectivity index (χ0n) is 22.6. The van der Waals surface area contributed by atoms with Crippen molar-refractivity contribution in [3.05, 3.63) is 81.9 Å². The molecule has 40 heavy (non-hydrogen) atoms. The second kappa shape index (κ2) is 11.6. The van der Waals surface area contributed by atoms with Gasteiger partial charge in [0.05, 0.1) is 32.6 Å². The number of Topliss-reactive ketones (excluding diaryl/α,β-unsaturated/α-hetero) is 1. The van der Waals surface area contributed by atoms with E-state index in [2.05, 4.69) is 11.6 Å². The number of aryl methyl sites for hydroxylation is 2. The van der Waals surface area contributed by atoms with Crippen molar-refractivity contribution in [2.45, 2.75) is 19.9 Å². The lowest BCUT2D eigenvalue weighted by Crippen LogP contribution is -2.29. The molecule has 0 bridgehead atoms. The molecule has 2 heterocycles. The van der Waals surface area contributed by atoms with Gasteiger partial charge in [0.1, 0.15) is 29.0 Å². The quantitative estimate of drug-likeness (QED) is 0.129. The number of amides is 1. The molecule has 1 saturated heterocycles. The van der Waals surface area contributed by atoms with Gasteiger partial charge in [-0.3, -0.25) is 14.5 Å². The number of hydrogen-bond donors (Lipinski definition) is 1. The second-order valence-electron chi connectivity index (χ2n) is 8.73. The summed E-state index contributed by atoms with van der Waals surface area (Å²) in [4.78, 5) is 45.5. The predicted molar refractivity (Wildman–Crippen MR) is 149 cm³/mol. The van der Waals surface area contributed by atoms with E-state index in [0.717, 1.165) is 21.8 Å². The molecule has 1 atom stereocenters. The number of para-hydroxylation sites is 1. The van der Waals surface area contributed by atoms with Crippen molar-refractivity contribution < 1.29 is 38.4 Å². The number of thiazole rings is 1. The Morgan fingerprint density at radius 3 is 2.45 bits per heavy atom. The van der Waals surface area contributed by atoms with E-state index in [4.69, 9.17) is 18.9 Å². The monoisotopic (exact) mass is 564 g/mol. The Hall–Kier alpha value is -4.64. The van der Waals surface area contributed by atoms with Gasteiger partial charge in [-0.05, 0) is 43.7 Å². The smallest absolute Gasteiger partial charge is 0.350 e. The summed E-state index contributed by atoms with van der Waals surface area (Å²) in [5.41, 5.74) is 1.54. The molecule has 208 valence electrons. The number of carbonyl (C=O) groups is 3. The zero-order valence-corrected chi connectivity index (χ0v) is 23.5. The van der Waals surface area contributed by atoms with E-state index >= 15 is 0 Å². The molecule has 0 saturated carbocycles. The van der Waals surface area contributed by atoms with Crippen LogP contribution in [0.4, 0.5) is 5.13 Å². The number of aliphatic hydroxyl groups excluding tert-OH is 1. The fourth-order valence-electron chi connectivity index (χ4n) is 4.51. The Labute approximate surface area is 235 Å². The van der Waals surface area contributed by atoms with Gasteiger partial charge >= 0.3 is 11.9 Å². The Balaban J connectivity index is 1.97. The van der Waals surface area contributed by atoms with E-state index in [-0.39, 0.29) is 33.7 Å². The predicted octanol–water partition coefficient (Wildman–Crippen LogP) is 4.75. The van der Waals surface area contributed by atoms with Crippen LogP contribution >= 0.6 is 11.3 Å². The summed E-state index contributed by atoms with van der Waals surface area (Å²) in [6, 6.07) is 8.76. The molecule has 1 unspecified atom stereocenters. The van der Waals surface area contributed by atoms with Crippen LogP contribution in [0, 0.1) is 13.8 Å². The molecule has 0 radical (unpaired) electrons. The van der Waals surface area contributed by atoms with Crippen LogP contribution < -0.4 is 19.1 Å². The van der Waals surface area contributed by atoms with Gasteiger partial charge in [0.25, 0.3) is 5.78 Å². The minimum absolute atomic E-state index is 0.00168. The molecular weight excluding hydrogens is 536 g/mol. The summed E-state index contributed by atoms with van der Waals surface area (Å²) < 4.78 is 21.6. The number of benzene rings is 2. The third-order valence-corrected chi connectivity index (χ3v) is 7.49. The van der Waals surface area contributed by atoms with Gasteiger partial charge in [-0.15, -0.1) is 0 Å². The van der Waals surface area contributed by atoms with Crippen LogP contribution in [0.15, 0.2) is 54.6 Å². The SMILES string of the molecule is C=CCOC(=O)c1sc(N2C(=O)C(=O)/C(=C(/O)c3ccc(OC)c(C)c3)C2c2cccc(OC)c2OC)nc1C. The molecule has 1 aliphatic rings. The number of nitrogens with zero attached hydrogens (tertiary/aromatic N) is 2. The van der Waals surface area contributed by atoms with Gasteiger partial charge in [-0.25, -0.2) is 9.78 Å². The van der Waals surface area contributed by atoms with Crippen LogP contribution in [-0.4, -0.2) is 55.7 Å². The number of anilines is 1. The number of carbonyl (C=O) groups excluding carboxylic acids is 3. The summed E-state index contributed by atoms with van der Waals surface area (Å²) in [5, 5.41) is 11.6. The number of aromatic nitrogens is 1. The van der Waals surface area contributed by atoms with E-state index in [1.54, 1.807) is 50.2 Å². The molecule has 0 aliphatic carbocycles. The molecule has 1 N–H and O–H groups in total. The number of aliphatic hydroxyl groups is 1.